The van der Waals surface area contributed by atoms with Crippen molar-refractivity contribution in [3.05, 3.63) is 18.2 Å². The molecule has 0 radical (unpaired) electrons. The smallest absolute Gasteiger partial charge is 0.326 e. The third-order valence-electron chi connectivity index (χ3n) is 4.95. The van der Waals surface area contributed by atoms with Crippen LogP contribution in [0.4, 0.5) is 0 Å². The first-order valence-electron chi connectivity index (χ1n) is 11.1. The Hall–Kier alpha value is -2.98. The Labute approximate surface area is 218 Å². The third kappa shape index (κ3) is 11.6. The molecule has 0 aliphatic heterocycles. The predicted molar refractivity (Wildman–Crippen MR) is 140 cm³/mol. The number of aromatic nitrogens is 2. The fourth-order valence-corrected chi connectivity index (χ4v) is 3.63. The predicted octanol–water partition coefficient (Wildman–Crippen LogP) is -2.44. The molecule has 11 N–H and O–H groups in total. The number of imidazole rings is 1. The van der Waals surface area contributed by atoms with E-state index in [1.54, 1.807) is 0 Å². The normalized spacial score (nSPS) is 14.1. The molecule has 1 rings (SSSR count). The zero-order valence-corrected chi connectivity index (χ0v) is 21.7. The lowest BCUT2D eigenvalue weighted by Gasteiger charge is -2.25. The molecule has 0 saturated carbocycles. The van der Waals surface area contributed by atoms with Gasteiger partial charge in [-0.25, -0.2) is 9.78 Å². The van der Waals surface area contributed by atoms with Crippen molar-refractivity contribution >= 4 is 54.0 Å². The molecule has 0 aliphatic carbocycles. The number of carboxylic acids is 1. The van der Waals surface area contributed by atoms with E-state index in [2.05, 4.69) is 43.5 Å². The second-order valence-corrected chi connectivity index (χ2v) is 9.17. The maximum absolute atomic E-state index is 13.1. The van der Waals surface area contributed by atoms with Gasteiger partial charge in [0.05, 0.1) is 12.4 Å². The minimum absolute atomic E-state index is 0.0657. The van der Waals surface area contributed by atoms with E-state index in [1.165, 1.54) is 24.3 Å². The molecule has 16 heteroatoms. The number of aliphatic imine (C=N–C) groups is 1. The van der Waals surface area contributed by atoms with Crippen molar-refractivity contribution in [1.29, 1.82) is 0 Å². The molecule has 0 aromatic carbocycles. The van der Waals surface area contributed by atoms with Gasteiger partial charge in [-0.1, -0.05) is 0 Å². The number of carbonyl (C=O) groups is 4. The number of carbonyl (C=O) groups excluding carboxylic acids is 3. The van der Waals surface area contributed by atoms with E-state index in [0.29, 0.717) is 17.9 Å². The fourth-order valence-electron chi connectivity index (χ4n) is 3.00. The van der Waals surface area contributed by atoms with Gasteiger partial charge >= 0.3 is 5.97 Å². The van der Waals surface area contributed by atoms with Gasteiger partial charge in [0.25, 0.3) is 0 Å². The Bertz CT molecular complexity index is 881. The Morgan fingerprint density at radius 2 is 1.75 bits per heavy atom. The van der Waals surface area contributed by atoms with Crippen LogP contribution in [0.5, 0.6) is 0 Å². The average Bonchev–Trinajstić information content (AvgIpc) is 3.35. The Balaban J connectivity index is 2.95. The molecule has 0 spiro atoms. The number of guanidine groups is 1. The minimum atomic E-state index is -1.23. The quantitative estimate of drug-likeness (QED) is 0.0433. The minimum Gasteiger partial charge on any atom is -0.480 e. The molecule has 1 heterocycles. The summed E-state index contributed by atoms with van der Waals surface area (Å²) in [5, 5.41) is 17.2. The lowest BCUT2D eigenvalue weighted by atomic mass is 10.1. The van der Waals surface area contributed by atoms with Crippen LogP contribution in [0.25, 0.3) is 0 Å². The first-order chi connectivity index (χ1) is 17.1. The second-order valence-electron chi connectivity index (χ2n) is 7.82. The number of hydrogen-bond acceptors (Lipinski definition) is 9. The van der Waals surface area contributed by atoms with Gasteiger partial charge in [-0.3, -0.25) is 19.4 Å². The molecule has 14 nitrogen and oxygen atoms in total. The molecule has 202 valence electrons. The lowest BCUT2D eigenvalue weighted by molar-refractivity contribution is -0.142. The van der Waals surface area contributed by atoms with E-state index in [0.717, 1.165) is 0 Å². The van der Waals surface area contributed by atoms with Crippen LogP contribution in [-0.4, -0.2) is 93.2 Å². The number of H-pyrrole nitrogens is 1. The molecule has 1 aromatic rings. The van der Waals surface area contributed by atoms with Crippen LogP contribution in [0.2, 0.25) is 0 Å². The molecular weight excluding hydrogens is 510 g/mol. The highest BCUT2D eigenvalue weighted by Gasteiger charge is 2.30. The molecule has 0 fully saturated rings. The molecule has 36 heavy (non-hydrogen) atoms. The summed E-state index contributed by atoms with van der Waals surface area (Å²) >= 11 is 5.46. The van der Waals surface area contributed by atoms with Crippen LogP contribution >= 0.6 is 24.4 Å². The van der Waals surface area contributed by atoms with Crippen molar-refractivity contribution in [1.82, 2.24) is 25.9 Å². The first kappa shape index (κ1) is 31.1. The number of nitrogens with one attached hydrogen (secondary N) is 4. The maximum Gasteiger partial charge on any atom is 0.326 e. The molecule has 0 saturated heterocycles. The number of rotatable bonds is 17. The number of amides is 3. The lowest BCUT2D eigenvalue weighted by Crippen LogP contribution is -2.58. The molecule has 0 aliphatic rings. The highest BCUT2D eigenvalue weighted by Crippen LogP contribution is 2.06. The zero-order valence-electron chi connectivity index (χ0n) is 20.0. The van der Waals surface area contributed by atoms with Gasteiger partial charge in [-0.2, -0.15) is 24.4 Å². The van der Waals surface area contributed by atoms with Crippen LogP contribution < -0.4 is 33.2 Å². The summed E-state index contributed by atoms with van der Waals surface area (Å²) < 4.78 is 0. The van der Waals surface area contributed by atoms with E-state index in [-0.39, 0.29) is 37.5 Å². The standard InChI is InChI=1S/C20H35N9O5S2/c1-36-6-4-13(17(31)28-14(19(33)34)3-2-5-25-20(22)23)27-18(32)15(7-11-8-24-10-26-11)29-16(30)12(21)9-35/h8,10,12-15,35H,2-7,9,21H2,1H3,(H,24,26)(H,27,32)(H,28,31)(H,29,30)(H,33,34)(H4,22,23,25). The number of thiol groups is 1. The molecular formula is C20H35N9O5S2. The summed E-state index contributed by atoms with van der Waals surface area (Å²) in [7, 11) is 0. The van der Waals surface area contributed by atoms with Crippen molar-refractivity contribution in [3.8, 4) is 0 Å². The van der Waals surface area contributed by atoms with Gasteiger partial charge in [0, 0.05) is 30.6 Å². The van der Waals surface area contributed by atoms with Crippen LogP contribution in [0.3, 0.4) is 0 Å². The highest BCUT2D eigenvalue weighted by molar-refractivity contribution is 7.98. The highest BCUT2D eigenvalue weighted by atomic mass is 32.2. The molecule has 1 aromatic heterocycles. The Kier molecular flexibility index (Phi) is 14.4. The number of nitrogens with zero attached hydrogens (tertiary/aromatic N) is 2. The van der Waals surface area contributed by atoms with Crippen molar-refractivity contribution in [3.63, 3.8) is 0 Å². The van der Waals surface area contributed by atoms with Crippen LogP contribution in [0.1, 0.15) is 25.0 Å². The fraction of sp³-hybridized carbons (Fsp3) is 0.600. The van der Waals surface area contributed by atoms with Crippen molar-refractivity contribution in [2.24, 2.45) is 22.2 Å². The van der Waals surface area contributed by atoms with Gasteiger partial charge < -0.3 is 43.2 Å². The summed E-state index contributed by atoms with van der Waals surface area (Å²) in [4.78, 5) is 60.6. The summed E-state index contributed by atoms with van der Waals surface area (Å²) in [6, 6.07) is -4.24. The number of carboxylic acid groups (broad SMARTS) is 1. The van der Waals surface area contributed by atoms with Gasteiger partial charge in [-0.15, -0.1) is 0 Å². The molecule has 4 unspecified atom stereocenters. The SMILES string of the molecule is CSCCC(NC(=O)C(Cc1cnc[nH]1)NC(=O)C(N)CS)C(=O)NC(CCCN=C(N)N)C(=O)O. The van der Waals surface area contributed by atoms with E-state index >= 15 is 0 Å². The van der Waals surface area contributed by atoms with E-state index in [1.807, 2.05) is 6.26 Å². The Morgan fingerprint density at radius 1 is 1.11 bits per heavy atom. The molecule has 3 amide bonds. The summed E-state index contributed by atoms with van der Waals surface area (Å²) in [6.07, 6.45) is 5.47. The van der Waals surface area contributed by atoms with Crippen LogP contribution in [-0.2, 0) is 25.6 Å². The Morgan fingerprint density at radius 3 is 2.31 bits per heavy atom. The van der Waals surface area contributed by atoms with Gasteiger partial charge in [0.1, 0.15) is 18.1 Å². The van der Waals surface area contributed by atoms with Gasteiger partial charge in [-0.05, 0) is 31.3 Å². The number of aliphatic carboxylic acids is 1. The number of thioether (sulfide) groups is 1. The van der Waals surface area contributed by atoms with E-state index in [9.17, 15) is 24.3 Å². The third-order valence-corrected chi connectivity index (χ3v) is 5.99. The summed E-state index contributed by atoms with van der Waals surface area (Å²) in [5.74, 6) is -2.63. The van der Waals surface area contributed by atoms with Crippen molar-refractivity contribution < 1.29 is 24.3 Å². The van der Waals surface area contributed by atoms with Crippen molar-refractivity contribution in [2.75, 3.05) is 24.3 Å². The summed E-state index contributed by atoms with van der Waals surface area (Å²) in [6.45, 7) is 0.206. The van der Waals surface area contributed by atoms with E-state index < -0.39 is 47.9 Å². The monoisotopic (exact) mass is 545 g/mol. The van der Waals surface area contributed by atoms with Gasteiger partial charge in [0.2, 0.25) is 17.7 Å². The van der Waals surface area contributed by atoms with Crippen LogP contribution in [0.15, 0.2) is 17.5 Å². The molecule has 0 bridgehead atoms. The second kappa shape index (κ2) is 16.6. The van der Waals surface area contributed by atoms with Crippen molar-refractivity contribution in [2.45, 2.75) is 49.9 Å². The first-order valence-corrected chi connectivity index (χ1v) is 13.1. The topological polar surface area (TPSA) is 244 Å². The zero-order chi connectivity index (χ0) is 27.1. The van der Waals surface area contributed by atoms with Crippen LogP contribution in [0, 0.1) is 0 Å². The number of nitrogens with two attached hydrogens (primary N) is 3. The van der Waals surface area contributed by atoms with E-state index in [4.69, 9.17) is 17.2 Å². The van der Waals surface area contributed by atoms with Gasteiger partial charge in [0.15, 0.2) is 5.96 Å². The number of aromatic amines is 1. The molecule has 4 atom stereocenters. The largest absolute Gasteiger partial charge is 0.480 e. The number of hydrogen-bond donors (Lipinski definition) is 9. The maximum atomic E-state index is 13.1. The summed E-state index contributed by atoms with van der Waals surface area (Å²) in [5.41, 5.74) is 16.8. The average molecular weight is 546 g/mol.